The van der Waals surface area contributed by atoms with Gasteiger partial charge in [0.25, 0.3) is 0 Å². The van der Waals surface area contributed by atoms with Crippen molar-refractivity contribution >= 4 is 12.1 Å². The highest BCUT2D eigenvalue weighted by Gasteiger charge is 2.26. The van der Waals surface area contributed by atoms with E-state index in [9.17, 15) is 9.59 Å². The molecular weight excluding hydrogens is 222 g/mol. The molecule has 0 aromatic heterocycles. The molecule has 92 valence electrons. The average molecular weight is 237 g/mol. The van der Waals surface area contributed by atoms with Crippen LogP contribution in [0.15, 0.2) is 30.3 Å². The van der Waals surface area contributed by atoms with Crippen molar-refractivity contribution in [2.45, 2.75) is 6.10 Å². The van der Waals surface area contributed by atoms with E-state index in [4.69, 9.17) is 4.74 Å². The first-order chi connectivity index (χ1) is 8.06. The van der Waals surface area contributed by atoms with E-state index in [1.807, 2.05) is 6.07 Å². The maximum absolute atomic E-state index is 11.6. The fraction of sp³-hybridized carbons (Fsp3) is 0.333. The summed E-state index contributed by atoms with van der Waals surface area (Å²) in [4.78, 5) is 24.2. The maximum atomic E-state index is 11.6. The monoisotopic (exact) mass is 237 g/mol. The Labute approximate surface area is 99.9 Å². The lowest BCUT2D eigenvalue weighted by atomic mass is 10.1. The highest BCUT2D eigenvalue weighted by molar-refractivity contribution is 5.80. The fourth-order valence-corrected chi connectivity index (χ4v) is 1.19. The zero-order valence-corrected chi connectivity index (χ0v) is 10.0. The van der Waals surface area contributed by atoms with Crippen LogP contribution in [0.1, 0.15) is 11.7 Å². The van der Waals surface area contributed by atoms with Crippen LogP contribution in [-0.4, -0.2) is 38.2 Å². The summed E-state index contributed by atoms with van der Waals surface area (Å²) in [7, 11) is 4.34. The van der Waals surface area contributed by atoms with Crippen LogP contribution >= 0.6 is 0 Å². The third-order valence-corrected chi connectivity index (χ3v) is 2.10. The lowest BCUT2D eigenvalue weighted by Gasteiger charge is -2.18. The molecule has 1 aromatic carbocycles. The molecule has 1 amide bonds. The van der Waals surface area contributed by atoms with Crippen LogP contribution in [0, 0.1) is 0 Å². The molecule has 0 saturated heterocycles. The summed E-state index contributed by atoms with van der Waals surface area (Å²) in [6.45, 7) is 0. The Morgan fingerprint density at radius 3 is 2.24 bits per heavy atom. The topological polar surface area (TPSA) is 55.8 Å². The van der Waals surface area contributed by atoms with Crippen LogP contribution in [0.25, 0.3) is 0 Å². The number of esters is 1. The van der Waals surface area contributed by atoms with Crippen LogP contribution in [0.3, 0.4) is 0 Å². The van der Waals surface area contributed by atoms with Crippen LogP contribution < -0.4 is 0 Å². The van der Waals surface area contributed by atoms with E-state index >= 15 is 0 Å². The van der Waals surface area contributed by atoms with Gasteiger partial charge in [-0.2, -0.15) is 0 Å². The van der Waals surface area contributed by atoms with Gasteiger partial charge >= 0.3 is 12.1 Å². The minimum absolute atomic E-state index is 0.578. The lowest BCUT2D eigenvalue weighted by Crippen LogP contribution is -2.28. The molecular formula is C12H15NO4. The third-order valence-electron chi connectivity index (χ3n) is 2.10. The first-order valence-electron chi connectivity index (χ1n) is 5.07. The van der Waals surface area contributed by atoms with Crippen molar-refractivity contribution in [1.29, 1.82) is 0 Å². The number of benzene rings is 1. The van der Waals surface area contributed by atoms with Gasteiger partial charge in [0.15, 0.2) is 0 Å². The second kappa shape index (κ2) is 5.89. The van der Waals surface area contributed by atoms with E-state index in [1.165, 1.54) is 12.0 Å². The van der Waals surface area contributed by atoms with Crippen molar-refractivity contribution in [3.05, 3.63) is 35.9 Å². The van der Waals surface area contributed by atoms with E-state index in [1.54, 1.807) is 38.4 Å². The van der Waals surface area contributed by atoms with Crippen molar-refractivity contribution in [2.24, 2.45) is 0 Å². The van der Waals surface area contributed by atoms with Gasteiger partial charge in [-0.1, -0.05) is 30.3 Å². The van der Waals surface area contributed by atoms with Gasteiger partial charge in [0, 0.05) is 19.7 Å². The predicted octanol–water partition coefficient (Wildman–Crippen LogP) is 1.60. The number of rotatable bonds is 3. The molecule has 0 aliphatic heterocycles. The van der Waals surface area contributed by atoms with Crippen molar-refractivity contribution in [3.63, 3.8) is 0 Å². The number of carbonyl (C=O) groups excluding carboxylic acids is 2. The van der Waals surface area contributed by atoms with Crippen molar-refractivity contribution in [1.82, 2.24) is 4.90 Å². The van der Waals surface area contributed by atoms with E-state index < -0.39 is 18.2 Å². The van der Waals surface area contributed by atoms with Crippen molar-refractivity contribution < 1.29 is 19.1 Å². The molecule has 0 radical (unpaired) electrons. The summed E-state index contributed by atoms with van der Waals surface area (Å²) in [5, 5.41) is 0. The summed E-state index contributed by atoms with van der Waals surface area (Å²) in [5.74, 6) is -0.605. The van der Waals surface area contributed by atoms with Gasteiger partial charge in [-0.3, -0.25) is 0 Å². The molecule has 0 unspecified atom stereocenters. The second-order valence-electron chi connectivity index (χ2n) is 3.59. The first kappa shape index (κ1) is 13.0. The van der Waals surface area contributed by atoms with E-state index in [-0.39, 0.29) is 0 Å². The van der Waals surface area contributed by atoms with Gasteiger partial charge in [-0.25, -0.2) is 9.59 Å². The molecule has 5 heteroatoms. The number of amides is 1. The zero-order valence-electron chi connectivity index (χ0n) is 10.0. The van der Waals surface area contributed by atoms with Gasteiger partial charge < -0.3 is 14.4 Å². The van der Waals surface area contributed by atoms with E-state index in [2.05, 4.69) is 4.74 Å². The third kappa shape index (κ3) is 3.48. The highest BCUT2D eigenvalue weighted by Crippen LogP contribution is 2.19. The molecule has 0 heterocycles. The summed E-state index contributed by atoms with van der Waals surface area (Å²) in [5.41, 5.74) is 0.578. The maximum Gasteiger partial charge on any atom is 0.410 e. The fourth-order valence-electron chi connectivity index (χ4n) is 1.19. The van der Waals surface area contributed by atoms with Gasteiger partial charge in [-0.05, 0) is 0 Å². The molecule has 0 spiro atoms. The summed E-state index contributed by atoms with van der Waals surface area (Å²) >= 11 is 0. The molecule has 5 nitrogen and oxygen atoms in total. The summed E-state index contributed by atoms with van der Waals surface area (Å²) < 4.78 is 9.68. The van der Waals surface area contributed by atoms with Crippen molar-refractivity contribution in [3.8, 4) is 0 Å². The predicted molar refractivity (Wildman–Crippen MR) is 61.4 cm³/mol. The Morgan fingerprint density at radius 2 is 1.76 bits per heavy atom. The first-order valence-corrected chi connectivity index (χ1v) is 5.07. The minimum atomic E-state index is -1.03. The van der Waals surface area contributed by atoms with Crippen molar-refractivity contribution in [2.75, 3.05) is 21.2 Å². The highest BCUT2D eigenvalue weighted by atomic mass is 16.6. The normalized spacial score (nSPS) is 11.5. The number of hydrogen-bond donors (Lipinski definition) is 0. The Balaban J connectivity index is 2.90. The number of methoxy groups -OCH3 is 1. The molecule has 17 heavy (non-hydrogen) atoms. The van der Waals surface area contributed by atoms with Gasteiger partial charge in [0.05, 0.1) is 7.11 Å². The van der Waals surface area contributed by atoms with Crippen LogP contribution in [0.5, 0.6) is 0 Å². The summed E-state index contributed by atoms with van der Waals surface area (Å²) in [6, 6.07) is 8.73. The Hall–Kier alpha value is -2.04. The molecule has 1 aromatic rings. The standard InChI is InChI=1S/C12H15NO4/c1-13(2)12(15)17-10(11(14)16-3)9-7-5-4-6-8-9/h4-8,10H,1-3H3/t10-/m1/s1. The minimum Gasteiger partial charge on any atom is -0.466 e. The summed E-state index contributed by atoms with van der Waals surface area (Å²) in [6.07, 6.45) is -1.62. The smallest absolute Gasteiger partial charge is 0.410 e. The van der Waals surface area contributed by atoms with Crippen LogP contribution in [-0.2, 0) is 14.3 Å². The lowest BCUT2D eigenvalue weighted by molar-refractivity contribution is -0.151. The van der Waals surface area contributed by atoms with E-state index in [0.717, 1.165) is 0 Å². The Morgan fingerprint density at radius 1 is 1.18 bits per heavy atom. The van der Waals surface area contributed by atoms with Gasteiger partial charge in [0.2, 0.25) is 6.10 Å². The number of hydrogen-bond acceptors (Lipinski definition) is 4. The molecule has 0 bridgehead atoms. The number of nitrogens with zero attached hydrogens (tertiary/aromatic N) is 1. The second-order valence-corrected chi connectivity index (χ2v) is 3.59. The molecule has 1 rings (SSSR count). The van der Waals surface area contributed by atoms with Gasteiger partial charge in [-0.15, -0.1) is 0 Å². The number of ether oxygens (including phenoxy) is 2. The quantitative estimate of drug-likeness (QED) is 0.749. The van der Waals surface area contributed by atoms with E-state index in [0.29, 0.717) is 5.56 Å². The molecule has 0 aliphatic carbocycles. The Kier molecular flexibility index (Phi) is 4.51. The van der Waals surface area contributed by atoms with Crippen LogP contribution in [0.4, 0.5) is 4.79 Å². The van der Waals surface area contributed by atoms with Gasteiger partial charge in [0.1, 0.15) is 0 Å². The average Bonchev–Trinajstić information content (AvgIpc) is 2.35. The largest absolute Gasteiger partial charge is 0.466 e. The van der Waals surface area contributed by atoms with Crippen LogP contribution in [0.2, 0.25) is 0 Å². The Bertz CT molecular complexity index is 389. The zero-order chi connectivity index (χ0) is 12.8. The molecule has 0 saturated carbocycles. The SMILES string of the molecule is COC(=O)[C@H](OC(=O)N(C)C)c1ccccc1. The molecule has 1 atom stereocenters. The molecule has 0 aliphatic rings. The molecule has 0 fully saturated rings. The number of carbonyl (C=O) groups is 2. The molecule has 0 N–H and O–H groups in total.